The molecule has 10 nitrogen and oxygen atoms in total. The molecule has 2 aromatic carbocycles. The summed E-state index contributed by atoms with van der Waals surface area (Å²) in [6.07, 6.45) is 8.08. The van der Waals surface area contributed by atoms with E-state index in [1.807, 2.05) is 62.6 Å². The van der Waals surface area contributed by atoms with E-state index < -0.39 is 47.6 Å². The van der Waals surface area contributed by atoms with Crippen LogP contribution in [0, 0.1) is 5.92 Å². The van der Waals surface area contributed by atoms with E-state index in [4.69, 9.17) is 25.8 Å². The number of carbonyl (C=O) groups excluding carboxylic acids is 2. The van der Waals surface area contributed by atoms with Crippen LogP contribution in [0.25, 0.3) is 10.8 Å². The van der Waals surface area contributed by atoms with Crippen LogP contribution in [0.5, 0.6) is 11.5 Å². The van der Waals surface area contributed by atoms with Crippen molar-refractivity contribution in [2.45, 2.75) is 70.8 Å². The topological polar surface area (TPSA) is 121 Å². The maximum atomic E-state index is 15.0. The molecule has 2 amide bonds. The van der Waals surface area contributed by atoms with E-state index >= 15 is 0 Å². The quantitative estimate of drug-likeness (QED) is 0.106. The first-order chi connectivity index (χ1) is 27.0. The lowest BCUT2D eigenvalue weighted by atomic mass is 9.69. The number of alkyl halides is 2. The number of halogens is 3. The van der Waals surface area contributed by atoms with Crippen LogP contribution in [0.3, 0.4) is 0 Å². The van der Waals surface area contributed by atoms with Gasteiger partial charge >= 0.3 is 0 Å². The summed E-state index contributed by atoms with van der Waals surface area (Å²) in [5.74, 6) is -2.99. The number of aliphatic imine (C=N–C) groups is 1. The molecule has 14 heteroatoms. The van der Waals surface area contributed by atoms with Gasteiger partial charge in [0.25, 0.3) is 17.4 Å². The fourth-order valence-electron chi connectivity index (χ4n) is 6.67. The molecule has 1 aliphatic heterocycles. The van der Waals surface area contributed by atoms with Crippen molar-refractivity contribution >= 4 is 51.7 Å². The molecule has 2 atom stereocenters. The molecule has 2 unspecified atom stereocenters. The van der Waals surface area contributed by atoms with E-state index in [-0.39, 0.29) is 43.1 Å². The molecule has 302 valence electrons. The lowest BCUT2D eigenvalue weighted by Gasteiger charge is -2.36. The highest BCUT2D eigenvalue weighted by Crippen LogP contribution is 2.45. The second-order valence-electron chi connectivity index (χ2n) is 14.3. The van der Waals surface area contributed by atoms with Crippen molar-refractivity contribution in [1.82, 2.24) is 15.1 Å². The van der Waals surface area contributed by atoms with Crippen LogP contribution in [-0.4, -0.2) is 59.3 Å². The number of benzene rings is 2. The molecule has 3 aromatic rings. The Hall–Kier alpha value is -5.01. The Labute approximate surface area is 340 Å². The Kier molecular flexibility index (Phi) is 14.0. The second-order valence-corrected chi connectivity index (χ2v) is 15.6. The van der Waals surface area contributed by atoms with Crippen LogP contribution in [0.1, 0.15) is 65.0 Å². The van der Waals surface area contributed by atoms with Crippen molar-refractivity contribution in [3.8, 4) is 11.5 Å². The highest BCUT2D eigenvalue weighted by atomic mass is 35.5. The first kappa shape index (κ1) is 43.1. The zero-order valence-electron chi connectivity index (χ0n) is 32.7. The van der Waals surface area contributed by atoms with Gasteiger partial charge in [-0.2, -0.15) is 5.10 Å². The number of piperidine rings is 1. The predicted molar refractivity (Wildman–Crippen MR) is 222 cm³/mol. The van der Waals surface area contributed by atoms with Gasteiger partial charge < -0.3 is 14.2 Å². The smallest absolute Gasteiger partial charge is 0.275 e. The molecule has 2 heterocycles. The number of imide groups is 1. The number of thioether (sulfide) groups is 1. The molecule has 57 heavy (non-hydrogen) atoms. The molecule has 0 bridgehead atoms. The summed E-state index contributed by atoms with van der Waals surface area (Å²) in [5.41, 5.74) is 2.44. The van der Waals surface area contributed by atoms with Gasteiger partial charge in [0, 0.05) is 36.0 Å². The standard InChI is InChI=1S/C43H47ClF2N4O6S/c1-8-9-31(48-28(4)57-7)25-56-32-12-10-30(11-13-32)42(5,6)35-23-36(44)39(27(3)26(35)2)55-21-19-43(45,46)18-20-54-33-14-15-34-29(22-33)24-47-50(41(34)53)37-16-17-38(51)49-40(37)52/h8-15,22-24,26,37H,3-4,16-21,25H2,1-2,5-7H3,(H,49,51,52)/b9-8-,48-31+. The summed E-state index contributed by atoms with van der Waals surface area (Å²) in [5, 5.41) is 8.03. The Morgan fingerprint density at radius 1 is 1.09 bits per heavy atom. The molecule has 1 fully saturated rings. The monoisotopic (exact) mass is 820 g/mol. The Balaban J connectivity index is 1.15. The van der Waals surface area contributed by atoms with Crippen LogP contribution in [0.2, 0.25) is 0 Å². The number of amides is 2. The molecule has 1 N–H and O–H groups in total. The maximum absolute atomic E-state index is 15.0. The van der Waals surface area contributed by atoms with Crippen molar-refractivity contribution in [3.05, 3.63) is 123 Å². The second kappa shape index (κ2) is 18.5. The van der Waals surface area contributed by atoms with E-state index in [2.05, 4.69) is 42.4 Å². The summed E-state index contributed by atoms with van der Waals surface area (Å²) in [7, 11) is 0. The molecule has 2 aliphatic rings. The number of nitrogens with zero attached hydrogens (tertiary/aromatic N) is 3. The first-order valence-electron chi connectivity index (χ1n) is 18.5. The Bertz CT molecular complexity index is 2230. The number of fused-ring (bicyclic) bond motifs is 1. The molecular formula is C43H47ClF2N4O6S. The van der Waals surface area contributed by atoms with Crippen LogP contribution in [0.4, 0.5) is 8.78 Å². The summed E-state index contributed by atoms with van der Waals surface area (Å²) in [6.45, 7) is 16.0. The third-order valence-electron chi connectivity index (χ3n) is 10.1. The molecule has 0 saturated carbocycles. The highest BCUT2D eigenvalue weighted by Gasteiger charge is 2.36. The van der Waals surface area contributed by atoms with Crippen LogP contribution in [-0.2, 0) is 19.7 Å². The van der Waals surface area contributed by atoms with Crippen LogP contribution in [0.15, 0.2) is 117 Å². The predicted octanol–water partition coefficient (Wildman–Crippen LogP) is 8.98. The van der Waals surface area contributed by atoms with E-state index in [9.17, 15) is 23.2 Å². The summed E-state index contributed by atoms with van der Waals surface area (Å²) in [4.78, 5) is 41.3. The van der Waals surface area contributed by atoms with Gasteiger partial charge in [-0.3, -0.25) is 19.7 Å². The Morgan fingerprint density at radius 2 is 1.77 bits per heavy atom. The summed E-state index contributed by atoms with van der Waals surface area (Å²) < 4.78 is 48.5. The van der Waals surface area contributed by atoms with E-state index in [1.54, 1.807) is 0 Å². The summed E-state index contributed by atoms with van der Waals surface area (Å²) >= 11 is 8.19. The highest BCUT2D eigenvalue weighted by molar-refractivity contribution is 8.02. The van der Waals surface area contributed by atoms with E-state index in [0.29, 0.717) is 39.1 Å². The number of aromatic nitrogens is 2. The van der Waals surface area contributed by atoms with Gasteiger partial charge in [0.2, 0.25) is 5.91 Å². The van der Waals surface area contributed by atoms with Crippen LogP contribution < -0.4 is 20.3 Å². The first-order valence-corrected chi connectivity index (χ1v) is 20.1. The fraction of sp³-hybridized carbons (Fsp3) is 0.372. The molecule has 0 spiro atoms. The molecular weight excluding hydrogens is 774 g/mol. The maximum Gasteiger partial charge on any atom is 0.275 e. The number of rotatable bonds is 17. The van der Waals surface area contributed by atoms with Gasteiger partial charge in [0.05, 0.1) is 40.6 Å². The van der Waals surface area contributed by atoms with Crippen molar-refractivity contribution in [1.29, 1.82) is 0 Å². The molecule has 1 saturated heterocycles. The SMILES string of the molecule is C=C(/N=C(\C=C/C)COc1ccc(C(C)(C)C2=CC(Cl)=C(OCCC(F)(F)CCOc3ccc4c(=O)n(C5CCC(=O)NC5=O)ncc4c3)C(=C)C2C)cc1)SC. The van der Waals surface area contributed by atoms with Gasteiger partial charge in [0.1, 0.15) is 29.9 Å². The minimum atomic E-state index is -3.11. The molecule has 1 aliphatic carbocycles. The van der Waals surface area contributed by atoms with Gasteiger partial charge in [-0.1, -0.05) is 69.3 Å². The molecule has 0 radical (unpaired) electrons. The zero-order chi connectivity index (χ0) is 41.5. The minimum absolute atomic E-state index is 0.101. The van der Waals surface area contributed by atoms with Crippen molar-refractivity contribution in [2.75, 3.05) is 26.1 Å². The molecule has 5 rings (SSSR count). The normalized spacial score (nSPS) is 18.2. The number of hydrogen-bond donors (Lipinski definition) is 1. The number of hydrogen-bond acceptors (Lipinski definition) is 9. The van der Waals surface area contributed by atoms with Crippen LogP contribution >= 0.6 is 23.4 Å². The van der Waals surface area contributed by atoms with Gasteiger partial charge in [-0.05, 0) is 73.2 Å². The lowest BCUT2D eigenvalue weighted by molar-refractivity contribution is -0.136. The van der Waals surface area contributed by atoms with Gasteiger partial charge in [-0.15, -0.1) is 11.8 Å². The minimum Gasteiger partial charge on any atom is -0.493 e. The number of carbonyl (C=O) groups is 2. The zero-order valence-corrected chi connectivity index (χ0v) is 34.3. The average molecular weight is 821 g/mol. The van der Waals surface area contributed by atoms with E-state index in [0.717, 1.165) is 21.5 Å². The Morgan fingerprint density at radius 3 is 2.44 bits per heavy atom. The fourth-order valence-corrected chi connectivity index (χ4v) is 7.17. The lowest BCUT2D eigenvalue weighted by Crippen LogP contribution is -2.45. The third kappa shape index (κ3) is 10.5. The number of allylic oxidation sites excluding steroid dienone is 5. The molecule has 1 aromatic heterocycles. The number of nitrogens with one attached hydrogen (secondary N) is 1. The van der Waals surface area contributed by atoms with E-state index in [1.165, 1.54) is 36.2 Å². The largest absolute Gasteiger partial charge is 0.493 e. The average Bonchev–Trinajstić information content (AvgIpc) is 3.17. The number of ether oxygens (including phenoxy) is 3. The van der Waals surface area contributed by atoms with Crippen molar-refractivity contribution < 1.29 is 32.6 Å². The summed E-state index contributed by atoms with van der Waals surface area (Å²) in [6, 6.07) is 11.5. The van der Waals surface area contributed by atoms with Gasteiger partial charge in [-0.25, -0.2) is 18.5 Å². The van der Waals surface area contributed by atoms with Crippen molar-refractivity contribution in [3.63, 3.8) is 0 Å². The van der Waals surface area contributed by atoms with Crippen molar-refractivity contribution in [2.24, 2.45) is 10.9 Å². The van der Waals surface area contributed by atoms with Gasteiger partial charge in [0.15, 0.2) is 0 Å². The third-order valence-corrected chi connectivity index (χ3v) is 10.9.